The lowest BCUT2D eigenvalue weighted by atomic mass is 10.2. The second-order valence-corrected chi connectivity index (χ2v) is 9.71. The Morgan fingerprint density at radius 2 is 1.62 bits per heavy atom. The van der Waals surface area contributed by atoms with Gasteiger partial charge in [0.1, 0.15) is 19.3 Å². The van der Waals surface area contributed by atoms with Gasteiger partial charge < -0.3 is 20.1 Å². The largest absolute Gasteiger partial charge is 0.486 e. The highest BCUT2D eigenvalue weighted by Gasteiger charge is 2.27. The second kappa shape index (κ2) is 10.7. The number of carbonyl (C=O) groups is 2. The van der Waals surface area contributed by atoms with E-state index in [1.54, 1.807) is 24.3 Å². The molecule has 1 heterocycles. The molecule has 32 heavy (non-hydrogen) atoms. The van der Waals surface area contributed by atoms with Crippen LogP contribution in [-0.4, -0.2) is 51.5 Å². The van der Waals surface area contributed by atoms with Crippen molar-refractivity contribution < 1.29 is 27.5 Å². The number of nitrogens with one attached hydrogen (secondary N) is 3. The van der Waals surface area contributed by atoms with Crippen LogP contribution in [-0.2, 0) is 19.6 Å². The van der Waals surface area contributed by atoms with E-state index in [0.717, 1.165) is 0 Å². The van der Waals surface area contributed by atoms with Gasteiger partial charge in [0, 0.05) is 24.4 Å². The molecule has 0 unspecified atom stereocenters. The number of fused-ring (bicyclic) bond motifs is 1. The number of thioether (sulfide) groups is 1. The van der Waals surface area contributed by atoms with E-state index in [1.165, 1.54) is 36.9 Å². The van der Waals surface area contributed by atoms with Crippen LogP contribution < -0.4 is 24.8 Å². The summed E-state index contributed by atoms with van der Waals surface area (Å²) in [5.74, 6) is 0.737. The van der Waals surface area contributed by atoms with E-state index in [2.05, 4.69) is 15.4 Å². The van der Waals surface area contributed by atoms with Crippen molar-refractivity contribution in [1.29, 1.82) is 0 Å². The third-order valence-electron chi connectivity index (χ3n) is 4.52. The summed E-state index contributed by atoms with van der Waals surface area (Å²) in [6.07, 6.45) is 2.19. The monoisotopic (exact) mass is 479 g/mol. The smallest absolute Gasteiger partial charge is 0.242 e. The third kappa shape index (κ3) is 6.38. The van der Waals surface area contributed by atoms with Crippen molar-refractivity contribution in [3.05, 3.63) is 42.5 Å². The van der Waals surface area contributed by atoms with Gasteiger partial charge in [-0.05, 0) is 54.8 Å². The number of sulfonamides is 1. The van der Waals surface area contributed by atoms with Crippen molar-refractivity contribution in [3.8, 4) is 11.5 Å². The molecule has 11 heteroatoms. The van der Waals surface area contributed by atoms with Gasteiger partial charge >= 0.3 is 0 Å². The van der Waals surface area contributed by atoms with E-state index >= 15 is 0 Å². The quantitative estimate of drug-likeness (QED) is 0.505. The molecule has 3 rings (SSSR count). The van der Waals surface area contributed by atoms with Crippen molar-refractivity contribution in [2.45, 2.75) is 24.3 Å². The molecular formula is C21H25N3O6S2. The van der Waals surface area contributed by atoms with Crippen molar-refractivity contribution in [2.24, 2.45) is 0 Å². The van der Waals surface area contributed by atoms with Crippen LogP contribution in [0.5, 0.6) is 11.5 Å². The Morgan fingerprint density at radius 3 is 2.25 bits per heavy atom. The summed E-state index contributed by atoms with van der Waals surface area (Å²) < 4.78 is 39.3. The molecule has 3 N–H and O–H groups in total. The number of amides is 2. The molecule has 0 saturated heterocycles. The van der Waals surface area contributed by atoms with E-state index in [9.17, 15) is 18.0 Å². The van der Waals surface area contributed by atoms with Crippen molar-refractivity contribution in [2.75, 3.05) is 35.9 Å². The molecule has 2 amide bonds. The minimum absolute atomic E-state index is 0.0108. The lowest BCUT2D eigenvalue weighted by molar-refractivity contribution is -0.117. The van der Waals surface area contributed by atoms with Crippen LogP contribution in [0.2, 0.25) is 0 Å². The summed E-state index contributed by atoms with van der Waals surface area (Å²) in [7, 11) is -3.98. The molecule has 2 aromatic carbocycles. The normalized spacial score (nSPS) is 13.8. The van der Waals surface area contributed by atoms with Crippen molar-refractivity contribution in [3.63, 3.8) is 0 Å². The number of anilines is 2. The summed E-state index contributed by atoms with van der Waals surface area (Å²) in [6.45, 7) is 2.14. The van der Waals surface area contributed by atoms with E-state index in [0.29, 0.717) is 48.3 Å². The van der Waals surface area contributed by atoms with Crippen LogP contribution in [0.3, 0.4) is 0 Å². The Morgan fingerprint density at radius 1 is 1.00 bits per heavy atom. The molecule has 2 aromatic rings. The van der Waals surface area contributed by atoms with Crippen molar-refractivity contribution in [1.82, 2.24) is 4.72 Å². The Labute approximate surface area is 191 Å². The molecule has 172 valence electrons. The minimum Gasteiger partial charge on any atom is -0.486 e. The van der Waals surface area contributed by atoms with Crippen LogP contribution >= 0.6 is 11.8 Å². The average Bonchev–Trinajstić information content (AvgIpc) is 2.77. The summed E-state index contributed by atoms with van der Waals surface area (Å²) in [4.78, 5) is 24.0. The van der Waals surface area contributed by atoms with Gasteiger partial charge in [-0.25, -0.2) is 8.42 Å². The molecule has 9 nitrogen and oxygen atoms in total. The Balaban J connectivity index is 1.73. The number of carbonyl (C=O) groups excluding carboxylic acids is 2. The van der Waals surface area contributed by atoms with Crippen molar-refractivity contribution >= 4 is 45.0 Å². The van der Waals surface area contributed by atoms with Gasteiger partial charge in [0.25, 0.3) is 0 Å². The summed E-state index contributed by atoms with van der Waals surface area (Å²) >= 11 is 1.51. The zero-order valence-electron chi connectivity index (χ0n) is 17.7. The second-order valence-electron chi connectivity index (χ2n) is 7.01. The molecule has 0 aromatic heterocycles. The van der Waals surface area contributed by atoms with E-state index in [1.807, 2.05) is 6.26 Å². The lowest BCUT2D eigenvalue weighted by Crippen LogP contribution is -2.44. The third-order valence-corrected chi connectivity index (χ3v) is 6.63. The summed E-state index contributed by atoms with van der Waals surface area (Å²) in [5.41, 5.74) is 1.07. The fraction of sp³-hybridized carbons (Fsp3) is 0.333. The summed E-state index contributed by atoms with van der Waals surface area (Å²) in [5, 5.41) is 5.36. The lowest BCUT2D eigenvalue weighted by Gasteiger charge is -2.21. The minimum atomic E-state index is -3.98. The Hall–Kier alpha value is -2.76. The first-order chi connectivity index (χ1) is 15.3. The van der Waals surface area contributed by atoms with E-state index in [-0.39, 0.29) is 10.8 Å². The van der Waals surface area contributed by atoms with E-state index < -0.39 is 22.0 Å². The topological polar surface area (TPSA) is 123 Å². The molecule has 1 aliphatic heterocycles. The predicted molar refractivity (Wildman–Crippen MR) is 124 cm³/mol. The number of ether oxygens (including phenoxy) is 2. The van der Waals surface area contributed by atoms with Crippen LogP contribution in [0.25, 0.3) is 0 Å². The van der Waals surface area contributed by atoms with Gasteiger partial charge in [-0.15, -0.1) is 0 Å². The zero-order chi connectivity index (χ0) is 23.1. The maximum atomic E-state index is 13.0. The van der Waals surface area contributed by atoms with Gasteiger partial charge in [-0.3, -0.25) is 9.59 Å². The highest BCUT2D eigenvalue weighted by molar-refractivity contribution is 7.98. The van der Waals surface area contributed by atoms with Gasteiger partial charge in [-0.1, -0.05) is 0 Å². The molecule has 0 bridgehead atoms. The van der Waals surface area contributed by atoms with Crippen LogP contribution in [0.1, 0.15) is 13.3 Å². The van der Waals surface area contributed by atoms with Gasteiger partial charge in [0.15, 0.2) is 11.5 Å². The first kappa shape index (κ1) is 23.9. The zero-order valence-corrected chi connectivity index (χ0v) is 19.3. The van der Waals surface area contributed by atoms with Crippen LogP contribution in [0.4, 0.5) is 11.4 Å². The molecular weight excluding hydrogens is 454 g/mol. The Bertz CT molecular complexity index is 1070. The number of benzene rings is 2. The van der Waals surface area contributed by atoms with Crippen LogP contribution in [0, 0.1) is 0 Å². The molecule has 0 fully saturated rings. The molecule has 0 saturated carbocycles. The first-order valence-electron chi connectivity index (χ1n) is 9.88. The molecule has 1 aliphatic rings. The van der Waals surface area contributed by atoms with Gasteiger partial charge in [0.2, 0.25) is 21.8 Å². The maximum absolute atomic E-state index is 13.0. The first-order valence-corrected chi connectivity index (χ1v) is 12.8. The molecule has 0 aliphatic carbocycles. The fourth-order valence-corrected chi connectivity index (χ4v) is 4.71. The Kier molecular flexibility index (Phi) is 7.99. The predicted octanol–water partition coefficient (Wildman–Crippen LogP) is 2.45. The van der Waals surface area contributed by atoms with E-state index in [4.69, 9.17) is 9.47 Å². The highest BCUT2D eigenvalue weighted by Crippen LogP contribution is 2.32. The number of hydrogen-bond acceptors (Lipinski definition) is 7. The van der Waals surface area contributed by atoms with Crippen LogP contribution in [0.15, 0.2) is 47.4 Å². The standard InChI is InChI=1S/C21H25N3O6S2/c1-14(25)22-15-3-5-16(6-4-15)23-21(26)18(9-12-31-2)24-32(27,28)17-7-8-19-20(13-17)30-11-10-29-19/h3-8,13,18,24H,9-12H2,1-2H3,(H,22,25)(H,23,26)/t18-/m1/s1. The number of rotatable bonds is 9. The maximum Gasteiger partial charge on any atom is 0.242 e. The highest BCUT2D eigenvalue weighted by atomic mass is 32.2. The molecule has 0 spiro atoms. The summed E-state index contributed by atoms with van der Waals surface area (Å²) in [6, 6.07) is 9.92. The average molecular weight is 480 g/mol. The SMILES string of the molecule is CSCC[C@@H](NS(=O)(=O)c1ccc2c(c1)OCCO2)C(=O)Nc1ccc(NC(C)=O)cc1. The fourth-order valence-electron chi connectivity index (χ4n) is 2.99. The van der Waals surface area contributed by atoms with Gasteiger partial charge in [0.05, 0.1) is 4.90 Å². The molecule has 0 radical (unpaired) electrons. The number of hydrogen-bond donors (Lipinski definition) is 3. The van der Waals surface area contributed by atoms with Gasteiger partial charge in [-0.2, -0.15) is 16.5 Å². The molecule has 1 atom stereocenters.